The van der Waals surface area contributed by atoms with Crippen LogP contribution in [0.25, 0.3) is 0 Å². The van der Waals surface area contributed by atoms with E-state index in [1.54, 1.807) is 0 Å². The summed E-state index contributed by atoms with van der Waals surface area (Å²) in [5.74, 6) is 0.903. The smallest absolute Gasteiger partial charge is 0.319 e. The maximum atomic E-state index is 13.3. The van der Waals surface area contributed by atoms with Crippen molar-refractivity contribution in [2.45, 2.75) is 63.5 Å². The van der Waals surface area contributed by atoms with Crippen LogP contribution >= 0.6 is 0 Å². The van der Waals surface area contributed by atoms with Gasteiger partial charge >= 0.3 is 6.03 Å². The fourth-order valence-electron chi connectivity index (χ4n) is 4.68. The number of halogens is 1. The maximum absolute atomic E-state index is 13.3. The van der Waals surface area contributed by atoms with Crippen molar-refractivity contribution in [3.8, 4) is 0 Å². The second kappa shape index (κ2) is 10.2. The molecule has 0 aliphatic heterocycles. The summed E-state index contributed by atoms with van der Waals surface area (Å²) in [6.45, 7) is 0. The molecule has 0 spiro atoms. The van der Waals surface area contributed by atoms with E-state index < -0.39 is 22.5 Å². The first kappa shape index (κ1) is 23.7. The number of nitro benzene ring substituents is 1. The number of carbonyl (C=O) groups is 1. The molecule has 34 heavy (non-hydrogen) atoms. The van der Waals surface area contributed by atoms with E-state index >= 15 is 0 Å². The SMILES string of the molecule is CN(C)c1nc(N[C@H]2CC[C@@H](NC(=O)Nc3ccc(F)cc3[N+](=O)[O-])CC2)nc2c1CCCC2. The van der Waals surface area contributed by atoms with Gasteiger partial charge in [-0.3, -0.25) is 10.1 Å². The van der Waals surface area contributed by atoms with E-state index in [-0.39, 0.29) is 17.8 Å². The molecule has 0 atom stereocenters. The Bertz CT molecular complexity index is 1070. The number of fused-ring (bicyclic) bond motifs is 1. The van der Waals surface area contributed by atoms with Crippen LogP contribution in [0.3, 0.4) is 0 Å². The summed E-state index contributed by atoms with van der Waals surface area (Å²) in [6, 6.07) is 2.66. The molecule has 182 valence electrons. The zero-order valence-corrected chi connectivity index (χ0v) is 19.4. The van der Waals surface area contributed by atoms with Gasteiger partial charge in [-0.25, -0.2) is 14.2 Å². The highest BCUT2D eigenvalue weighted by molar-refractivity contribution is 5.91. The highest BCUT2D eigenvalue weighted by Gasteiger charge is 2.25. The summed E-state index contributed by atoms with van der Waals surface area (Å²) in [7, 11) is 4.01. The summed E-state index contributed by atoms with van der Waals surface area (Å²) in [5.41, 5.74) is 1.86. The molecule has 2 aliphatic carbocycles. The lowest BCUT2D eigenvalue weighted by Crippen LogP contribution is -2.42. The summed E-state index contributed by atoms with van der Waals surface area (Å²) >= 11 is 0. The highest BCUT2D eigenvalue weighted by atomic mass is 19.1. The summed E-state index contributed by atoms with van der Waals surface area (Å²) < 4.78 is 13.3. The first-order chi connectivity index (χ1) is 16.3. The Labute approximate surface area is 197 Å². The number of aromatic nitrogens is 2. The first-order valence-electron chi connectivity index (χ1n) is 11.6. The molecule has 1 fully saturated rings. The Balaban J connectivity index is 1.32. The second-order valence-corrected chi connectivity index (χ2v) is 9.11. The molecule has 11 heteroatoms. The topological polar surface area (TPSA) is 125 Å². The fourth-order valence-corrected chi connectivity index (χ4v) is 4.68. The van der Waals surface area contributed by atoms with Crippen LogP contribution in [-0.2, 0) is 12.8 Å². The van der Waals surface area contributed by atoms with Crippen molar-refractivity contribution in [1.82, 2.24) is 15.3 Å². The van der Waals surface area contributed by atoms with Crippen molar-refractivity contribution in [2.24, 2.45) is 0 Å². The van der Waals surface area contributed by atoms with Crippen LogP contribution in [0.5, 0.6) is 0 Å². The van der Waals surface area contributed by atoms with Crippen molar-refractivity contribution in [3.05, 3.63) is 45.4 Å². The van der Waals surface area contributed by atoms with Gasteiger partial charge in [-0.2, -0.15) is 4.98 Å². The number of anilines is 3. The predicted molar refractivity (Wildman–Crippen MR) is 128 cm³/mol. The van der Waals surface area contributed by atoms with Crippen molar-refractivity contribution in [3.63, 3.8) is 0 Å². The Hall–Kier alpha value is -3.50. The minimum absolute atomic E-state index is 0.0412. The van der Waals surface area contributed by atoms with E-state index in [2.05, 4.69) is 16.0 Å². The summed E-state index contributed by atoms with van der Waals surface area (Å²) in [4.78, 5) is 34.4. The van der Waals surface area contributed by atoms with E-state index in [9.17, 15) is 19.3 Å². The Morgan fingerprint density at radius 1 is 1.12 bits per heavy atom. The van der Waals surface area contributed by atoms with Gasteiger partial charge in [0.15, 0.2) is 0 Å². The Morgan fingerprint density at radius 3 is 2.53 bits per heavy atom. The number of rotatable bonds is 6. The third kappa shape index (κ3) is 5.52. The number of nitrogens with zero attached hydrogens (tertiary/aromatic N) is 4. The van der Waals surface area contributed by atoms with Crippen molar-refractivity contribution >= 4 is 29.2 Å². The number of aryl methyl sites for hydroxylation is 1. The molecule has 1 saturated carbocycles. The van der Waals surface area contributed by atoms with Gasteiger partial charge in [0, 0.05) is 31.7 Å². The number of nitrogens with one attached hydrogen (secondary N) is 3. The Morgan fingerprint density at radius 2 is 1.82 bits per heavy atom. The van der Waals surface area contributed by atoms with Gasteiger partial charge in [0.2, 0.25) is 5.95 Å². The van der Waals surface area contributed by atoms with Crippen LogP contribution in [-0.4, -0.2) is 47.1 Å². The Kier molecular flexibility index (Phi) is 7.09. The van der Waals surface area contributed by atoms with Crippen LogP contribution in [0.2, 0.25) is 0 Å². The van der Waals surface area contributed by atoms with Crippen LogP contribution in [0, 0.1) is 15.9 Å². The monoisotopic (exact) mass is 471 g/mol. The number of carbonyl (C=O) groups excluding carboxylic acids is 1. The van der Waals surface area contributed by atoms with Crippen molar-refractivity contribution < 1.29 is 14.1 Å². The molecule has 4 rings (SSSR count). The van der Waals surface area contributed by atoms with E-state index in [4.69, 9.17) is 9.97 Å². The molecule has 1 aromatic carbocycles. The van der Waals surface area contributed by atoms with Gasteiger partial charge < -0.3 is 20.9 Å². The fraction of sp³-hybridized carbons (Fsp3) is 0.522. The lowest BCUT2D eigenvalue weighted by Gasteiger charge is -2.30. The number of urea groups is 1. The molecule has 2 aromatic rings. The van der Waals surface area contributed by atoms with Crippen LogP contribution < -0.4 is 20.9 Å². The van der Waals surface area contributed by atoms with Gasteiger partial charge in [-0.05, 0) is 63.5 Å². The van der Waals surface area contributed by atoms with E-state index in [0.29, 0.717) is 5.95 Å². The lowest BCUT2D eigenvalue weighted by atomic mass is 9.91. The molecule has 10 nitrogen and oxygen atoms in total. The van der Waals surface area contributed by atoms with Gasteiger partial charge in [-0.15, -0.1) is 0 Å². The molecule has 0 bridgehead atoms. The van der Waals surface area contributed by atoms with Crippen molar-refractivity contribution in [1.29, 1.82) is 0 Å². The molecule has 1 aromatic heterocycles. The standard InChI is InChI=1S/C23H30FN7O3/c1-30(2)21-17-5-3-4-6-18(17)27-22(29-21)25-15-8-10-16(11-9-15)26-23(32)28-19-12-7-14(24)13-20(19)31(33)34/h7,12-13,15-16H,3-6,8-11H2,1-2H3,(H,25,27,29)(H2,26,28,32)/t15-,16+. The largest absolute Gasteiger partial charge is 0.362 e. The predicted octanol–water partition coefficient (Wildman–Crippen LogP) is 4.01. The van der Waals surface area contributed by atoms with Crippen LogP contribution in [0.1, 0.15) is 49.8 Å². The molecule has 3 N–H and O–H groups in total. The van der Waals surface area contributed by atoms with E-state index in [1.165, 1.54) is 18.1 Å². The minimum Gasteiger partial charge on any atom is -0.362 e. The third-order valence-corrected chi connectivity index (χ3v) is 6.39. The molecule has 1 heterocycles. The summed E-state index contributed by atoms with van der Waals surface area (Å²) in [5, 5.41) is 19.9. The number of benzene rings is 1. The third-order valence-electron chi connectivity index (χ3n) is 6.39. The van der Waals surface area contributed by atoms with Crippen LogP contribution in [0.4, 0.5) is 32.3 Å². The molecule has 0 radical (unpaired) electrons. The minimum atomic E-state index is -0.732. The lowest BCUT2D eigenvalue weighted by molar-refractivity contribution is -0.384. The maximum Gasteiger partial charge on any atom is 0.319 e. The number of hydrogen-bond acceptors (Lipinski definition) is 7. The quantitative estimate of drug-likeness (QED) is 0.429. The number of hydrogen-bond donors (Lipinski definition) is 3. The first-order valence-corrected chi connectivity index (χ1v) is 11.6. The number of nitro groups is 1. The normalized spacial score (nSPS) is 19.6. The van der Waals surface area contributed by atoms with Gasteiger partial charge in [0.1, 0.15) is 17.3 Å². The molecule has 2 amide bonds. The van der Waals surface area contributed by atoms with E-state index in [1.807, 2.05) is 19.0 Å². The number of amides is 2. The zero-order chi connectivity index (χ0) is 24.2. The van der Waals surface area contributed by atoms with Gasteiger partial charge in [0.25, 0.3) is 5.69 Å². The molecule has 0 saturated heterocycles. The second-order valence-electron chi connectivity index (χ2n) is 9.11. The average Bonchev–Trinajstić information content (AvgIpc) is 2.80. The van der Waals surface area contributed by atoms with Gasteiger partial charge in [0.05, 0.1) is 16.7 Å². The molecular weight excluding hydrogens is 441 g/mol. The zero-order valence-electron chi connectivity index (χ0n) is 19.4. The summed E-state index contributed by atoms with van der Waals surface area (Å²) in [6.07, 6.45) is 7.48. The van der Waals surface area contributed by atoms with Crippen molar-refractivity contribution in [2.75, 3.05) is 29.6 Å². The van der Waals surface area contributed by atoms with Gasteiger partial charge in [-0.1, -0.05) is 0 Å². The molecular formula is C23H30FN7O3. The average molecular weight is 472 g/mol. The molecule has 2 aliphatic rings. The van der Waals surface area contributed by atoms with Crippen LogP contribution in [0.15, 0.2) is 18.2 Å². The highest BCUT2D eigenvalue weighted by Crippen LogP contribution is 2.30. The van der Waals surface area contributed by atoms with E-state index in [0.717, 1.165) is 68.6 Å². The molecule has 0 unspecified atom stereocenters.